The molecule has 1 aliphatic heterocycles. The molecule has 1 aliphatic rings. The maximum Gasteiger partial charge on any atom is 0.126 e. The third-order valence-electron chi connectivity index (χ3n) is 4.31. The van der Waals surface area contributed by atoms with Crippen LogP contribution in [0.1, 0.15) is 30.7 Å². The van der Waals surface area contributed by atoms with Crippen molar-refractivity contribution in [2.45, 2.75) is 32.2 Å². The highest BCUT2D eigenvalue weighted by molar-refractivity contribution is 5.17. The predicted octanol–water partition coefficient (Wildman–Crippen LogP) is 3.39. The van der Waals surface area contributed by atoms with Crippen molar-refractivity contribution in [3.8, 4) is 0 Å². The summed E-state index contributed by atoms with van der Waals surface area (Å²) < 4.78 is 13.6. The first-order valence-electron chi connectivity index (χ1n) is 7.75. The zero-order valence-electron chi connectivity index (χ0n) is 12.3. The van der Waals surface area contributed by atoms with Gasteiger partial charge >= 0.3 is 0 Å². The van der Waals surface area contributed by atoms with Gasteiger partial charge in [0.15, 0.2) is 0 Å². The molecule has 4 heteroatoms. The molecule has 1 aromatic heterocycles. The molecule has 1 N–H and O–H groups in total. The molecule has 112 valence electrons. The number of aromatic nitrogens is 2. The Morgan fingerprint density at radius 3 is 3.05 bits per heavy atom. The van der Waals surface area contributed by atoms with Gasteiger partial charge in [0, 0.05) is 18.9 Å². The summed E-state index contributed by atoms with van der Waals surface area (Å²) in [7, 11) is 0. The molecule has 0 spiro atoms. The SMILES string of the molecule is Fc1ccccc1CC[C@H]1CCCN(Cc2ncc[nH]2)C1. The Hall–Kier alpha value is -1.68. The molecule has 1 aromatic carbocycles. The second-order valence-electron chi connectivity index (χ2n) is 5.91. The Balaban J connectivity index is 1.51. The number of rotatable bonds is 5. The first-order chi connectivity index (χ1) is 10.3. The molecule has 0 amide bonds. The summed E-state index contributed by atoms with van der Waals surface area (Å²) in [6, 6.07) is 7.13. The fourth-order valence-corrected chi connectivity index (χ4v) is 3.19. The van der Waals surface area contributed by atoms with Gasteiger partial charge in [0.1, 0.15) is 11.6 Å². The Labute approximate surface area is 125 Å². The first-order valence-corrected chi connectivity index (χ1v) is 7.75. The molecule has 2 aromatic rings. The number of nitrogens with zero attached hydrogens (tertiary/aromatic N) is 2. The third-order valence-corrected chi connectivity index (χ3v) is 4.31. The summed E-state index contributed by atoms with van der Waals surface area (Å²) >= 11 is 0. The summed E-state index contributed by atoms with van der Waals surface area (Å²) in [6.45, 7) is 3.12. The van der Waals surface area contributed by atoms with Crippen LogP contribution in [0.15, 0.2) is 36.7 Å². The summed E-state index contributed by atoms with van der Waals surface area (Å²) in [6.07, 6.45) is 8.05. The summed E-state index contributed by atoms with van der Waals surface area (Å²) in [5.41, 5.74) is 0.848. The predicted molar refractivity (Wildman–Crippen MR) is 81.3 cm³/mol. The Kier molecular flexibility index (Phi) is 4.65. The number of benzene rings is 1. The molecule has 0 aliphatic carbocycles. The van der Waals surface area contributed by atoms with Crippen LogP contribution >= 0.6 is 0 Å². The zero-order chi connectivity index (χ0) is 14.5. The Morgan fingerprint density at radius 2 is 2.24 bits per heavy atom. The highest BCUT2D eigenvalue weighted by atomic mass is 19.1. The van der Waals surface area contributed by atoms with Gasteiger partial charge in [0.05, 0.1) is 6.54 Å². The molecule has 3 nitrogen and oxygen atoms in total. The van der Waals surface area contributed by atoms with Gasteiger partial charge in [-0.3, -0.25) is 4.90 Å². The lowest BCUT2D eigenvalue weighted by molar-refractivity contribution is 0.158. The number of likely N-dealkylation sites (tertiary alicyclic amines) is 1. The van der Waals surface area contributed by atoms with E-state index in [2.05, 4.69) is 14.9 Å². The Morgan fingerprint density at radius 1 is 1.33 bits per heavy atom. The number of imidazole rings is 1. The van der Waals surface area contributed by atoms with Crippen LogP contribution in [0.3, 0.4) is 0 Å². The second-order valence-corrected chi connectivity index (χ2v) is 5.91. The van der Waals surface area contributed by atoms with Gasteiger partial charge in [-0.15, -0.1) is 0 Å². The Bertz CT molecular complexity index is 553. The fourth-order valence-electron chi connectivity index (χ4n) is 3.19. The smallest absolute Gasteiger partial charge is 0.126 e. The van der Waals surface area contributed by atoms with Crippen molar-refractivity contribution >= 4 is 0 Å². The number of aromatic amines is 1. The standard InChI is InChI=1S/C17H22FN3/c18-16-6-2-1-5-15(16)8-7-14-4-3-11-21(12-14)13-17-19-9-10-20-17/h1-2,5-6,9-10,14H,3-4,7-8,11-13H2,(H,19,20)/t14-/m1/s1. The highest BCUT2D eigenvalue weighted by Gasteiger charge is 2.20. The van der Waals surface area contributed by atoms with E-state index in [4.69, 9.17) is 0 Å². The molecule has 0 unspecified atom stereocenters. The zero-order valence-corrected chi connectivity index (χ0v) is 12.3. The maximum absolute atomic E-state index is 13.6. The summed E-state index contributed by atoms with van der Waals surface area (Å²) in [5, 5.41) is 0. The number of piperidine rings is 1. The van der Waals surface area contributed by atoms with Crippen molar-refractivity contribution in [1.82, 2.24) is 14.9 Å². The van der Waals surface area contributed by atoms with Crippen LogP contribution in [0.2, 0.25) is 0 Å². The molecule has 1 fully saturated rings. The lowest BCUT2D eigenvalue weighted by Crippen LogP contribution is -2.35. The molecule has 0 saturated carbocycles. The van der Waals surface area contributed by atoms with Gasteiger partial charge in [0.25, 0.3) is 0 Å². The minimum Gasteiger partial charge on any atom is -0.348 e. The van der Waals surface area contributed by atoms with Crippen LogP contribution in [0.25, 0.3) is 0 Å². The van der Waals surface area contributed by atoms with E-state index in [9.17, 15) is 4.39 Å². The summed E-state index contributed by atoms with van der Waals surface area (Å²) in [4.78, 5) is 9.91. The number of H-pyrrole nitrogens is 1. The molecular weight excluding hydrogens is 265 g/mol. The van der Waals surface area contributed by atoms with Gasteiger partial charge in [-0.2, -0.15) is 0 Å². The fraction of sp³-hybridized carbons (Fsp3) is 0.471. The normalized spacial score (nSPS) is 19.8. The summed E-state index contributed by atoms with van der Waals surface area (Å²) in [5.74, 6) is 1.62. The van der Waals surface area contributed by atoms with E-state index in [1.165, 1.54) is 12.8 Å². The molecule has 1 atom stereocenters. The van der Waals surface area contributed by atoms with E-state index in [1.807, 2.05) is 18.3 Å². The van der Waals surface area contributed by atoms with Crippen LogP contribution in [0, 0.1) is 11.7 Å². The van der Waals surface area contributed by atoms with Crippen molar-refractivity contribution in [1.29, 1.82) is 0 Å². The van der Waals surface area contributed by atoms with E-state index in [-0.39, 0.29) is 5.82 Å². The number of halogens is 1. The van der Waals surface area contributed by atoms with Crippen molar-refractivity contribution in [2.24, 2.45) is 5.92 Å². The molecule has 2 heterocycles. The largest absolute Gasteiger partial charge is 0.348 e. The van der Waals surface area contributed by atoms with Crippen LogP contribution in [-0.4, -0.2) is 28.0 Å². The highest BCUT2D eigenvalue weighted by Crippen LogP contribution is 2.23. The van der Waals surface area contributed by atoms with E-state index < -0.39 is 0 Å². The number of hydrogen-bond donors (Lipinski definition) is 1. The van der Waals surface area contributed by atoms with Crippen LogP contribution < -0.4 is 0 Å². The van der Waals surface area contributed by atoms with Crippen LogP contribution in [0.4, 0.5) is 4.39 Å². The van der Waals surface area contributed by atoms with E-state index in [1.54, 1.807) is 18.3 Å². The van der Waals surface area contributed by atoms with Crippen molar-refractivity contribution in [3.05, 3.63) is 53.9 Å². The average molecular weight is 287 g/mol. The van der Waals surface area contributed by atoms with Gasteiger partial charge in [-0.1, -0.05) is 18.2 Å². The number of hydrogen-bond acceptors (Lipinski definition) is 2. The molecule has 3 rings (SSSR count). The van der Waals surface area contributed by atoms with Crippen LogP contribution in [-0.2, 0) is 13.0 Å². The van der Waals surface area contributed by atoms with E-state index in [0.717, 1.165) is 43.9 Å². The molecule has 21 heavy (non-hydrogen) atoms. The third kappa shape index (κ3) is 3.91. The van der Waals surface area contributed by atoms with Gasteiger partial charge < -0.3 is 4.98 Å². The van der Waals surface area contributed by atoms with Gasteiger partial charge in [-0.25, -0.2) is 9.37 Å². The minimum absolute atomic E-state index is 0.0687. The average Bonchev–Trinajstić information content (AvgIpc) is 3.00. The van der Waals surface area contributed by atoms with Crippen molar-refractivity contribution < 1.29 is 4.39 Å². The number of nitrogens with one attached hydrogen (secondary N) is 1. The van der Waals surface area contributed by atoms with Gasteiger partial charge in [-0.05, 0) is 49.8 Å². The van der Waals surface area contributed by atoms with Gasteiger partial charge in [0.2, 0.25) is 0 Å². The van der Waals surface area contributed by atoms with E-state index >= 15 is 0 Å². The van der Waals surface area contributed by atoms with Crippen molar-refractivity contribution in [3.63, 3.8) is 0 Å². The quantitative estimate of drug-likeness (QED) is 0.914. The molecular formula is C17H22FN3. The molecule has 0 radical (unpaired) electrons. The minimum atomic E-state index is -0.0687. The topological polar surface area (TPSA) is 31.9 Å². The lowest BCUT2D eigenvalue weighted by Gasteiger charge is -2.32. The maximum atomic E-state index is 13.6. The monoisotopic (exact) mass is 287 g/mol. The van der Waals surface area contributed by atoms with E-state index in [0.29, 0.717) is 5.92 Å². The molecule has 0 bridgehead atoms. The van der Waals surface area contributed by atoms with Crippen LogP contribution in [0.5, 0.6) is 0 Å². The second kappa shape index (κ2) is 6.85. The first kappa shape index (κ1) is 14.3. The lowest BCUT2D eigenvalue weighted by atomic mass is 9.91. The molecule has 1 saturated heterocycles. The number of aryl methyl sites for hydroxylation is 1. The van der Waals surface area contributed by atoms with Crippen molar-refractivity contribution in [2.75, 3.05) is 13.1 Å².